The predicted molar refractivity (Wildman–Crippen MR) is 73.3 cm³/mol. The van der Waals surface area contributed by atoms with E-state index in [9.17, 15) is 9.90 Å². The van der Waals surface area contributed by atoms with Crippen LogP contribution in [0.1, 0.15) is 32.1 Å². The average Bonchev–Trinajstić information content (AvgIpc) is 2.65. The molecular weight excluding hydrogens is 244 g/mol. The van der Waals surface area contributed by atoms with Gasteiger partial charge in [0.1, 0.15) is 5.54 Å². The van der Waals surface area contributed by atoms with Gasteiger partial charge in [0, 0.05) is 19.7 Å². The van der Waals surface area contributed by atoms with Crippen LogP contribution in [0.15, 0.2) is 0 Å². The summed E-state index contributed by atoms with van der Waals surface area (Å²) in [6.45, 7) is 4.71. The molecule has 1 heterocycles. The molecule has 1 saturated heterocycles. The number of ether oxygens (including phenoxy) is 1. The molecule has 0 radical (unpaired) electrons. The molecule has 2 atom stereocenters. The van der Waals surface area contributed by atoms with Gasteiger partial charge in [-0.3, -0.25) is 4.79 Å². The highest BCUT2D eigenvalue weighted by Gasteiger charge is 2.47. The molecule has 1 aliphatic carbocycles. The van der Waals surface area contributed by atoms with E-state index in [4.69, 9.17) is 4.74 Å². The van der Waals surface area contributed by atoms with Crippen molar-refractivity contribution in [2.45, 2.75) is 37.6 Å². The summed E-state index contributed by atoms with van der Waals surface area (Å²) in [4.78, 5) is 14.0. The summed E-state index contributed by atoms with van der Waals surface area (Å²) in [5, 5.41) is 12.6. The Morgan fingerprint density at radius 2 is 2.26 bits per heavy atom. The Bertz CT molecular complexity index is 303. The second kappa shape index (κ2) is 6.68. The quantitative estimate of drug-likeness (QED) is 0.778. The lowest BCUT2D eigenvalue weighted by molar-refractivity contribution is -0.146. The first-order chi connectivity index (χ1) is 9.19. The largest absolute Gasteiger partial charge is 0.480 e. The molecule has 2 N–H and O–H groups in total. The summed E-state index contributed by atoms with van der Waals surface area (Å²) in [6.07, 6.45) is 4.85. The van der Waals surface area contributed by atoms with E-state index in [0.717, 1.165) is 65.0 Å². The second-order valence-electron chi connectivity index (χ2n) is 5.71. The fourth-order valence-corrected chi connectivity index (χ4v) is 3.55. The van der Waals surface area contributed by atoms with Crippen LogP contribution in [0.4, 0.5) is 0 Å². The molecule has 0 amide bonds. The number of carbonyl (C=O) groups is 1. The highest BCUT2D eigenvalue weighted by molar-refractivity contribution is 5.79. The van der Waals surface area contributed by atoms with Gasteiger partial charge in [0.2, 0.25) is 0 Å². The third kappa shape index (κ3) is 3.27. The Hall–Kier alpha value is -0.650. The number of nitrogens with zero attached hydrogens (tertiary/aromatic N) is 1. The Morgan fingerprint density at radius 1 is 1.42 bits per heavy atom. The molecule has 0 aromatic carbocycles. The van der Waals surface area contributed by atoms with Gasteiger partial charge in [-0.05, 0) is 45.2 Å². The minimum atomic E-state index is -0.692. The highest BCUT2D eigenvalue weighted by Crippen LogP contribution is 2.38. The molecule has 0 aromatic rings. The number of carboxylic acid groups (broad SMARTS) is 1. The van der Waals surface area contributed by atoms with Crippen molar-refractivity contribution >= 4 is 5.97 Å². The normalized spacial score (nSPS) is 33.2. The summed E-state index contributed by atoms with van der Waals surface area (Å²) >= 11 is 0. The van der Waals surface area contributed by atoms with E-state index >= 15 is 0 Å². The molecule has 110 valence electrons. The van der Waals surface area contributed by atoms with Crippen molar-refractivity contribution in [2.24, 2.45) is 5.92 Å². The third-order valence-electron chi connectivity index (χ3n) is 4.76. The first-order valence-electron chi connectivity index (χ1n) is 7.41. The zero-order valence-corrected chi connectivity index (χ0v) is 11.9. The number of hydrogen-bond donors (Lipinski definition) is 2. The minimum absolute atomic E-state index is 0.249. The van der Waals surface area contributed by atoms with E-state index in [2.05, 4.69) is 10.2 Å². The van der Waals surface area contributed by atoms with Crippen molar-refractivity contribution in [1.82, 2.24) is 10.2 Å². The lowest BCUT2D eigenvalue weighted by Gasteiger charge is -2.32. The summed E-state index contributed by atoms with van der Waals surface area (Å²) in [7, 11) is 1.78. The number of nitrogens with one attached hydrogen (secondary N) is 1. The Labute approximate surface area is 115 Å². The van der Waals surface area contributed by atoms with Crippen LogP contribution in [-0.2, 0) is 9.53 Å². The molecule has 0 spiro atoms. The van der Waals surface area contributed by atoms with Crippen molar-refractivity contribution in [1.29, 1.82) is 0 Å². The van der Waals surface area contributed by atoms with Gasteiger partial charge in [0.15, 0.2) is 0 Å². The van der Waals surface area contributed by atoms with E-state index in [1.54, 1.807) is 7.05 Å². The maximum absolute atomic E-state index is 11.6. The van der Waals surface area contributed by atoms with Crippen LogP contribution in [0.25, 0.3) is 0 Å². The van der Waals surface area contributed by atoms with Gasteiger partial charge in [0.25, 0.3) is 0 Å². The molecule has 2 aliphatic rings. The summed E-state index contributed by atoms with van der Waals surface area (Å²) in [6, 6.07) is 0. The molecular formula is C14H26N2O3. The van der Waals surface area contributed by atoms with Gasteiger partial charge in [-0.1, -0.05) is 6.42 Å². The summed E-state index contributed by atoms with van der Waals surface area (Å²) in [5.74, 6) is -0.434. The molecule has 1 aliphatic heterocycles. The fourth-order valence-electron chi connectivity index (χ4n) is 3.55. The zero-order valence-electron chi connectivity index (χ0n) is 11.9. The van der Waals surface area contributed by atoms with E-state index < -0.39 is 11.5 Å². The zero-order chi connectivity index (χ0) is 13.7. The number of carboxylic acids is 1. The van der Waals surface area contributed by atoms with Gasteiger partial charge in [-0.25, -0.2) is 0 Å². The number of aliphatic carboxylic acids is 1. The van der Waals surface area contributed by atoms with Gasteiger partial charge in [-0.15, -0.1) is 0 Å². The first-order valence-corrected chi connectivity index (χ1v) is 7.41. The first kappa shape index (κ1) is 14.8. The molecule has 0 aromatic heterocycles. The molecule has 1 saturated carbocycles. The molecule has 5 nitrogen and oxygen atoms in total. The molecule has 19 heavy (non-hydrogen) atoms. The van der Waals surface area contributed by atoms with Crippen molar-refractivity contribution in [2.75, 3.05) is 39.9 Å². The summed E-state index contributed by atoms with van der Waals surface area (Å²) in [5.41, 5.74) is -0.692. The lowest BCUT2D eigenvalue weighted by atomic mass is 9.84. The average molecular weight is 270 g/mol. The molecule has 2 unspecified atom stereocenters. The van der Waals surface area contributed by atoms with Gasteiger partial charge < -0.3 is 20.1 Å². The van der Waals surface area contributed by atoms with Gasteiger partial charge in [0.05, 0.1) is 6.61 Å². The maximum Gasteiger partial charge on any atom is 0.324 e. The van der Waals surface area contributed by atoms with E-state index in [1.165, 1.54) is 0 Å². The molecule has 2 fully saturated rings. The molecule has 0 bridgehead atoms. The Kier molecular flexibility index (Phi) is 5.19. The van der Waals surface area contributed by atoms with Crippen LogP contribution in [0.3, 0.4) is 0 Å². The molecule has 5 heteroatoms. The van der Waals surface area contributed by atoms with Crippen LogP contribution >= 0.6 is 0 Å². The van der Waals surface area contributed by atoms with Crippen molar-refractivity contribution in [3.63, 3.8) is 0 Å². The van der Waals surface area contributed by atoms with E-state index in [-0.39, 0.29) is 5.92 Å². The molecule has 2 rings (SSSR count). The Morgan fingerprint density at radius 3 is 3.00 bits per heavy atom. The van der Waals surface area contributed by atoms with Crippen LogP contribution in [-0.4, -0.2) is 61.4 Å². The number of rotatable bonds is 5. The topological polar surface area (TPSA) is 61.8 Å². The number of hydrogen-bond acceptors (Lipinski definition) is 4. The Balaban J connectivity index is 1.88. The third-order valence-corrected chi connectivity index (χ3v) is 4.76. The monoisotopic (exact) mass is 270 g/mol. The number of likely N-dealkylation sites (N-methyl/N-ethyl adjacent to an activating group) is 1. The van der Waals surface area contributed by atoms with E-state index in [1.807, 2.05) is 0 Å². The van der Waals surface area contributed by atoms with Gasteiger partial charge in [-0.2, -0.15) is 0 Å². The van der Waals surface area contributed by atoms with Crippen molar-refractivity contribution in [3.8, 4) is 0 Å². The van der Waals surface area contributed by atoms with E-state index in [0.29, 0.717) is 0 Å². The SMILES string of the molecule is CNC1(C(=O)O)CCCC1CCN1CCCOCC1. The van der Waals surface area contributed by atoms with Crippen molar-refractivity contribution < 1.29 is 14.6 Å². The smallest absolute Gasteiger partial charge is 0.324 e. The fraction of sp³-hybridized carbons (Fsp3) is 0.929. The van der Waals surface area contributed by atoms with Crippen LogP contribution in [0.2, 0.25) is 0 Å². The van der Waals surface area contributed by atoms with Crippen LogP contribution < -0.4 is 5.32 Å². The second-order valence-corrected chi connectivity index (χ2v) is 5.71. The maximum atomic E-state index is 11.6. The van der Waals surface area contributed by atoms with Crippen molar-refractivity contribution in [3.05, 3.63) is 0 Å². The minimum Gasteiger partial charge on any atom is -0.480 e. The summed E-state index contributed by atoms with van der Waals surface area (Å²) < 4.78 is 5.45. The highest BCUT2D eigenvalue weighted by atomic mass is 16.5. The van der Waals surface area contributed by atoms with Gasteiger partial charge >= 0.3 is 5.97 Å². The van der Waals surface area contributed by atoms with Crippen LogP contribution in [0.5, 0.6) is 0 Å². The van der Waals surface area contributed by atoms with Crippen LogP contribution in [0, 0.1) is 5.92 Å². The lowest BCUT2D eigenvalue weighted by Crippen LogP contribution is -2.53. The predicted octanol–water partition coefficient (Wildman–Crippen LogP) is 0.942. The standard InChI is InChI=1S/C14H26N2O3/c1-15-14(13(17)18)6-2-4-12(14)5-8-16-7-3-10-19-11-9-16/h12,15H,2-11H2,1H3,(H,17,18).